The van der Waals surface area contributed by atoms with Crippen molar-refractivity contribution in [2.75, 3.05) is 6.54 Å². The molecule has 4 rings (SSSR count). The van der Waals surface area contributed by atoms with Gasteiger partial charge in [-0.2, -0.15) is 5.10 Å². The smallest absolute Gasteiger partial charge is 0.407 e. The molecule has 0 saturated heterocycles. The van der Waals surface area contributed by atoms with Gasteiger partial charge in [-0.25, -0.2) is 9.18 Å². The first kappa shape index (κ1) is 21.3. The van der Waals surface area contributed by atoms with Gasteiger partial charge in [-0.15, -0.1) is 0 Å². The van der Waals surface area contributed by atoms with E-state index in [0.29, 0.717) is 22.1 Å². The van der Waals surface area contributed by atoms with Crippen molar-refractivity contribution in [2.45, 2.75) is 71.7 Å². The van der Waals surface area contributed by atoms with E-state index in [2.05, 4.69) is 21.6 Å². The van der Waals surface area contributed by atoms with Crippen molar-refractivity contribution in [3.63, 3.8) is 0 Å². The van der Waals surface area contributed by atoms with Crippen LogP contribution in [-0.4, -0.2) is 39.2 Å². The standard InChI is InChI=1S/C23H29FN4O3/c1-13-19-20(27-26-13)17-9-14-7-5-6-8-15(14)10-18(17)28(21(19)29)12-16(24)11-25-22(30)31-23(2,3)4/h9-10,16H,5-8,11-12H2,1-4H3,(H,25,30)(H,26,27). The highest BCUT2D eigenvalue weighted by Crippen LogP contribution is 2.30. The van der Waals surface area contributed by atoms with E-state index in [9.17, 15) is 14.0 Å². The van der Waals surface area contributed by atoms with Crippen LogP contribution < -0.4 is 10.9 Å². The number of nitrogens with one attached hydrogen (secondary N) is 2. The van der Waals surface area contributed by atoms with Crippen LogP contribution in [0.4, 0.5) is 9.18 Å². The molecular formula is C23H29FN4O3. The molecule has 166 valence electrons. The summed E-state index contributed by atoms with van der Waals surface area (Å²) in [6, 6.07) is 4.12. The van der Waals surface area contributed by atoms with Crippen molar-refractivity contribution in [1.82, 2.24) is 20.1 Å². The zero-order valence-electron chi connectivity index (χ0n) is 18.5. The number of amides is 1. The summed E-state index contributed by atoms with van der Waals surface area (Å²) >= 11 is 0. The Bertz CT molecular complexity index is 1210. The molecule has 0 aliphatic heterocycles. The Hall–Kier alpha value is -2.90. The van der Waals surface area contributed by atoms with Gasteiger partial charge in [0.2, 0.25) is 0 Å². The summed E-state index contributed by atoms with van der Waals surface area (Å²) in [6.45, 7) is 6.63. The Morgan fingerprint density at radius 3 is 2.65 bits per heavy atom. The molecule has 1 aliphatic rings. The third-order valence-electron chi connectivity index (χ3n) is 5.66. The summed E-state index contributed by atoms with van der Waals surface area (Å²) in [7, 11) is 0. The number of aromatic amines is 1. The van der Waals surface area contributed by atoms with Crippen molar-refractivity contribution in [2.24, 2.45) is 0 Å². The van der Waals surface area contributed by atoms with Gasteiger partial charge in [-0.1, -0.05) is 0 Å². The van der Waals surface area contributed by atoms with Crippen LogP contribution in [0.2, 0.25) is 0 Å². The monoisotopic (exact) mass is 428 g/mol. The van der Waals surface area contributed by atoms with E-state index in [-0.39, 0.29) is 18.6 Å². The first-order chi connectivity index (χ1) is 14.6. The average molecular weight is 429 g/mol. The highest BCUT2D eigenvalue weighted by molar-refractivity contribution is 6.04. The number of rotatable bonds is 4. The molecule has 0 saturated carbocycles. The molecule has 2 aromatic heterocycles. The summed E-state index contributed by atoms with van der Waals surface area (Å²) < 4.78 is 21.5. The van der Waals surface area contributed by atoms with Crippen LogP contribution in [0.5, 0.6) is 0 Å². The van der Waals surface area contributed by atoms with E-state index in [1.54, 1.807) is 27.7 Å². The van der Waals surface area contributed by atoms with E-state index < -0.39 is 17.9 Å². The summed E-state index contributed by atoms with van der Waals surface area (Å²) in [5, 5.41) is 11.1. The molecule has 1 aromatic carbocycles. The number of hydrogen-bond donors (Lipinski definition) is 2. The number of aryl methyl sites for hydroxylation is 3. The van der Waals surface area contributed by atoms with Gasteiger partial charge in [-0.05, 0) is 76.6 Å². The molecule has 1 amide bonds. The maximum atomic E-state index is 14.9. The zero-order valence-corrected chi connectivity index (χ0v) is 18.5. The summed E-state index contributed by atoms with van der Waals surface area (Å²) in [6.07, 6.45) is 2.08. The number of nitrogens with zero attached hydrogens (tertiary/aromatic N) is 2. The second kappa shape index (κ2) is 7.98. The van der Waals surface area contributed by atoms with Crippen molar-refractivity contribution in [1.29, 1.82) is 0 Å². The second-order valence-electron chi connectivity index (χ2n) is 9.31. The number of carbonyl (C=O) groups excluding carboxylic acids is 1. The highest BCUT2D eigenvalue weighted by Gasteiger charge is 2.22. The number of H-pyrrole nitrogens is 1. The average Bonchev–Trinajstić information content (AvgIpc) is 3.09. The van der Waals surface area contributed by atoms with Crippen LogP contribution in [0.3, 0.4) is 0 Å². The number of alkyl halides is 1. The maximum absolute atomic E-state index is 14.9. The predicted octanol–water partition coefficient (Wildman–Crippen LogP) is 3.93. The molecule has 0 bridgehead atoms. The number of ether oxygens (including phenoxy) is 1. The fourth-order valence-electron chi connectivity index (χ4n) is 4.27. The lowest BCUT2D eigenvalue weighted by molar-refractivity contribution is 0.0511. The van der Waals surface area contributed by atoms with Crippen molar-refractivity contribution >= 4 is 27.9 Å². The number of halogens is 1. The summed E-state index contributed by atoms with van der Waals surface area (Å²) in [4.78, 5) is 25.1. The fraction of sp³-hybridized carbons (Fsp3) is 0.522. The second-order valence-corrected chi connectivity index (χ2v) is 9.31. The maximum Gasteiger partial charge on any atom is 0.407 e. The summed E-state index contributed by atoms with van der Waals surface area (Å²) in [5.74, 6) is 0. The van der Waals surface area contributed by atoms with Crippen LogP contribution in [0, 0.1) is 6.92 Å². The van der Waals surface area contributed by atoms with Gasteiger partial charge in [0, 0.05) is 11.1 Å². The quantitative estimate of drug-likeness (QED) is 0.659. The van der Waals surface area contributed by atoms with Crippen LogP contribution in [0.25, 0.3) is 21.8 Å². The lowest BCUT2D eigenvalue weighted by atomic mass is 9.90. The lowest BCUT2D eigenvalue weighted by Crippen LogP contribution is -2.38. The molecule has 1 aliphatic carbocycles. The summed E-state index contributed by atoms with van der Waals surface area (Å²) in [5.41, 5.74) is 3.52. The van der Waals surface area contributed by atoms with E-state index >= 15 is 0 Å². The first-order valence-electron chi connectivity index (χ1n) is 10.8. The van der Waals surface area contributed by atoms with E-state index in [4.69, 9.17) is 4.74 Å². The van der Waals surface area contributed by atoms with E-state index in [0.717, 1.165) is 31.1 Å². The number of fused-ring (bicyclic) bond motifs is 4. The van der Waals surface area contributed by atoms with Gasteiger partial charge in [0.1, 0.15) is 17.3 Å². The predicted molar refractivity (Wildman–Crippen MR) is 118 cm³/mol. The van der Waals surface area contributed by atoms with Crippen molar-refractivity contribution < 1.29 is 13.9 Å². The Morgan fingerprint density at radius 2 is 1.97 bits per heavy atom. The Balaban J connectivity index is 1.70. The third kappa shape index (κ3) is 4.29. The molecule has 31 heavy (non-hydrogen) atoms. The minimum absolute atomic E-state index is 0.162. The van der Waals surface area contributed by atoms with E-state index in [1.165, 1.54) is 15.7 Å². The third-order valence-corrected chi connectivity index (χ3v) is 5.66. The first-order valence-corrected chi connectivity index (χ1v) is 10.8. The van der Waals surface area contributed by atoms with Crippen molar-refractivity contribution in [3.05, 3.63) is 39.3 Å². The number of pyridine rings is 1. The number of aromatic nitrogens is 3. The lowest BCUT2D eigenvalue weighted by Gasteiger charge is -2.21. The molecule has 7 nitrogen and oxygen atoms in total. The topological polar surface area (TPSA) is 89.0 Å². The van der Waals surface area contributed by atoms with Crippen LogP contribution in [-0.2, 0) is 24.1 Å². The van der Waals surface area contributed by atoms with Gasteiger partial charge in [0.25, 0.3) is 5.56 Å². The molecule has 1 unspecified atom stereocenters. The Labute approximate surface area is 180 Å². The van der Waals surface area contributed by atoms with Gasteiger partial charge in [-0.3, -0.25) is 9.89 Å². The molecule has 8 heteroatoms. The molecule has 2 N–H and O–H groups in total. The molecule has 0 spiro atoms. The SMILES string of the molecule is Cc1[nH]nc2c1c(=O)n(CC(F)CNC(=O)OC(C)(C)C)c1cc3c(cc21)CCCC3. The van der Waals surface area contributed by atoms with Gasteiger partial charge in [0.15, 0.2) is 0 Å². The van der Waals surface area contributed by atoms with Crippen molar-refractivity contribution in [3.8, 4) is 0 Å². The number of alkyl carbamates (subject to hydrolysis) is 1. The van der Waals surface area contributed by atoms with Crippen LogP contribution in [0.1, 0.15) is 50.4 Å². The molecule has 0 radical (unpaired) electrons. The van der Waals surface area contributed by atoms with E-state index in [1.807, 2.05) is 6.07 Å². The molecular weight excluding hydrogens is 399 g/mol. The minimum Gasteiger partial charge on any atom is -0.444 e. The molecule has 0 fully saturated rings. The largest absolute Gasteiger partial charge is 0.444 e. The van der Waals surface area contributed by atoms with Crippen LogP contribution in [0.15, 0.2) is 16.9 Å². The fourth-order valence-corrected chi connectivity index (χ4v) is 4.27. The van der Waals surface area contributed by atoms with Gasteiger partial charge < -0.3 is 14.6 Å². The number of carbonyl (C=O) groups is 1. The molecule has 1 atom stereocenters. The Kier molecular flexibility index (Phi) is 5.49. The minimum atomic E-state index is -1.45. The zero-order chi connectivity index (χ0) is 22.3. The number of benzene rings is 1. The molecule has 2 heterocycles. The van der Waals surface area contributed by atoms with Gasteiger partial charge in [0.05, 0.1) is 24.0 Å². The Morgan fingerprint density at radius 1 is 1.29 bits per heavy atom. The highest BCUT2D eigenvalue weighted by atomic mass is 19.1. The van der Waals surface area contributed by atoms with Gasteiger partial charge >= 0.3 is 6.09 Å². The van der Waals surface area contributed by atoms with Crippen LogP contribution >= 0.6 is 0 Å². The molecule has 3 aromatic rings. The number of hydrogen-bond acceptors (Lipinski definition) is 4. The normalized spacial score (nSPS) is 15.1.